The number of rotatable bonds is 6. The van der Waals surface area contributed by atoms with Gasteiger partial charge in [0.05, 0.1) is 0 Å². The first-order valence-corrected chi connectivity index (χ1v) is 8.98. The average molecular weight is 337 g/mol. The van der Waals surface area contributed by atoms with E-state index in [1.807, 2.05) is 26.2 Å². The first-order valence-electron chi connectivity index (χ1n) is 8.98. The van der Waals surface area contributed by atoms with Gasteiger partial charge < -0.3 is 15.1 Å². The Kier molecular flexibility index (Phi) is 5.71. The molecular formula is C21H27N3O. The third-order valence-electron chi connectivity index (χ3n) is 4.64. The summed E-state index contributed by atoms with van der Waals surface area (Å²) in [5.74, 6) is -0.00304. The molecule has 1 amide bonds. The first-order chi connectivity index (χ1) is 12.1. The third kappa shape index (κ3) is 4.60. The highest BCUT2D eigenvalue weighted by Gasteiger charge is 2.16. The van der Waals surface area contributed by atoms with Gasteiger partial charge in [-0.05, 0) is 56.3 Å². The highest BCUT2D eigenvalue weighted by Crippen LogP contribution is 2.28. The lowest BCUT2D eigenvalue weighted by Crippen LogP contribution is -2.31. The van der Waals surface area contributed by atoms with Crippen LogP contribution in [0.1, 0.15) is 27.9 Å². The quantitative estimate of drug-likeness (QED) is 0.880. The Morgan fingerprint density at radius 1 is 1.12 bits per heavy atom. The Labute approximate surface area is 150 Å². The number of carbonyl (C=O) groups is 1. The Morgan fingerprint density at radius 3 is 2.64 bits per heavy atom. The fourth-order valence-electron chi connectivity index (χ4n) is 3.25. The number of benzene rings is 2. The topological polar surface area (TPSA) is 35.6 Å². The molecule has 1 aliphatic heterocycles. The molecule has 2 aromatic carbocycles. The second kappa shape index (κ2) is 8.17. The highest BCUT2D eigenvalue weighted by atomic mass is 16.1. The number of hydrogen-bond donors (Lipinski definition) is 1. The van der Waals surface area contributed by atoms with Crippen LogP contribution in [0.5, 0.6) is 0 Å². The summed E-state index contributed by atoms with van der Waals surface area (Å²) in [6, 6.07) is 16.6. The van der Waals surface area contributed by atoms with E-state index >= 15 is 0 Å². The van der Waals surface area contributed by atoms with Gasteiger partial charge in [-0.25, -0.2) is 0 Å². The van der Waals surface area contributed by atoms with Crippen LogP contribution in [-0.2, 0) is 13.0 Å². The van der Waals surface area contributed by atoms with Gasteiger partial charge in [0.25, 0.3) is 5.91 Å². The lowest BCUT2D eigenvalue weighted by Gasteiger charge is -2.31. The van der Waals surface area contributed by atoms with Crippen LogP contribution in [0.15, 0.2) is 48.5 Å². The van der Waals surface area contributed by atoms with E-state index in [-0.39, 0.29) is 5.91 Å². The van der Waals surface area contributed by atoms with Crippen LogP contribution >= 0.6 is 0 Å². The van der Waals surface area contributed by atoms with E-state index in [0.29, 0.717) is 6.54 Å². The minimum absolute atomic E-state index is 0.00304. The predicted octanol–water partition coefficient (Wildman–Crippen LogP) is 2.93. The van der Waals surface area contributed by atoms with Gasteiger partial charge in [-0.3, -0.25) is 4.79 Å². The van der Waals surface area contributed by atoms with Crippen molar-refractivity contribution in [2.45, 2.75) is 19.4 Å². The van der Waals surface area contributed by atoms with Gasteiger partial charge in [0, 0.05) is 37.4 Å². The van der Waals surface area contributed by atoms with Gasteiger partial charge in [-0.15, -0.1) is 0 Å². The van der Waals surface area contributed by atoms with Gasteiger partial charge in [-0.2, -0.15) is 0 Å². The van der Waals surface area contributed by atoms with Gasteiger partial charge >= 0.3 is 0 Å². The van der Waals surface area contributed by atoms with E-state index in [1.54, 1.807) is 0 Å². The Morgan fingerprint density at radius 2 is 1.88 bits per heavy atom. The number of carbonyl (C=O) groups excluding carboxylic acids is 1. The molecule has 0 radical (unpaired) electrons. The molecule has 2 aromatic rings. The molecule has 0 atom stereocenters. The van der Waals surface area contributed by atoms with Crippen LogP contribution in [0.25, 0.3) is 0 Å². The Balaban J connectivity index is 1.61. The number of fused-ring (bicyclic) bond motifs is 1. The van der Waals surface area contributed by atoms with Gasteiger partial charge in [-0.1, -0.05) is 30.3 Å². The van der Waals surface area contributed by atoms with Crippen LogP contribution in [-0.4, -0.2) is 44.5 Å². The maximum Gasteiger partial charge on any atom is 0.251 e. The van der Waals surface area contributed by atoms with Crippen LogP contribution in [0.4, 0.5) is 5.69 Å². The lowest BCUT2D eigenvalue weighted by molar-refractivity contribution is 0.0951. The van der Waals surface area contributed by atoms with Crippen molar-refractivity contribution < 1.29 is 4.79 Å². The number of anilines is 1. The fraction of sp³-hybridized carbons (Fsp3) is 0.381. The number of para-hydroxylation sites is 1. The second-order valence-corrected chi connectivity index (χ2v) is 6.91. The van der Waals surface area contributed by atoms with Crippen molar-refractivity contribution in [3.8, 4) is 0 Å². The lowest BCUT2D eigenvalue weighted by atomic mass is 10.0. The van der Waals surface area contributed by atoms with E-state index in [0.717, 1.165) is 25.2 Å². The molecule has 0 saturated carbocycles. The summed E-state index contributed by atoms with van der Waals surface area (Å²) >= 11 is 0. The van der Waals surface area contributed by atoms with E-state index in [1.165, 1.54) is 29.7 Å². The van der Waals surface area contributed by atoms with Gasteiger partial charge in [0.2, 0.25) is 0 Å². The summed E-state index contributed by atoms with van der Waals surface area (Å²) in [4.78, 5) is 16.6. The summed E-state index contributed by atoms with van der Waals surface area (Å²) in [5.41, 5.74) is 4.74. The van der Waals surface area contributed by atoms with E-state index in [2.05, 4.69) is 51.5 Å². The third-order valence-corrected chi connectivity index (χ3v) is 4.64. The summed E-state index contributed by atoms with van der Waals surface area (Å²) in [5, 5.41) is 2.95. The minimum Gasteiger partial charge on any atom is -0.367 e. The zero-order chi connectivity index (χ0) is 17.6. The number of likely N-dealkylation sites (N-methyl/N-ethyl adjacent to an activating group) is 1. The number of hydrogen-bond acceptors (Lipinski definition) is 3. The Hall–Kier alpha value is -2.33. The molecule has 1 N–H and O–H groups in total. The first kappa shape index (κ1) is 17.5. The number of aryl methyl sites for hydroxylation is 1. The summed E-state index contributed by atoms with van der Waals surface area (Å²) < 4.78 is 0. The van der Waals surface area contributed by atoms with Crippen molar-refractivity contribution in [2.75, 3.05) is 38.6 Å². The molecule has 0 unspecified atom stereocenters. The predicted molar refractivity (Wildman–Crippen MR) is 103 cm³/mol. The molecule has 4 nitrogen and oxygen atoms in total. The summed E-state index contributed by atoms with van der Waals surface area (Å²) in [6.45, 7) is 3.49. The van der Waals surface area contributed by atoms with Crippen molar-refractivity contribution in [1.82, 2.24) is 10.2 Å². The fourth-order valence-corrected chi connectivity index (χ4v) is 3.25. The molecule has 1 heterocycles. The molecule has 0 aliphatic carbocycles. The zero-order valence-corrected chi connectivity index (χ0v) is 15.2. The van der Waals surface area contributed by atoms with E-state index in [9.17, 15) is 4.79 Å². The monoisotopic (exact) mass is 337 g/mol. The molecule has 25 heavy (non-hydrogen) atoms. The SMILES string of the molecule is CN(C)CCNC(=O)c1ccc(CN2CCCc3ccccc32)cc1. The molecule has 0 bridgehead atoms. The number of amides is 1. The molecular weight excluding hydrogens is 310 g/mol. The second-order valence-electron chi connectivity index (χ2n) is 6.91. The van der Waals surface area contributed by atoms with Crippen LogP contribution in [0, 0.1) is 0 Å². The van der Waals surface area contributed by atoms with Crippen LogP contribution in [0.2, 0.25) is 0 Å². The number of nitrogens with one attached hydrogen (secondary N) is 1. The minimum atomic E-state index is -0.00304. The molecule has 3 rings (SSSR count). The van der Waals surface area contributed by atoms with Crippen molar-refractivity contribution in [2.24, 2.45) is 0 Å². The smallest absolute Gasteiger partial charge is 0.251 e. The molecule has 0 spiro atoms. The van der Waals surface area contributed by atoms with Crippen molar-refractivity contribution in [3.63, 3.8) is 0 Å². The maximum atomic E-state index is 12.2. The molecule has 132 valence electrons. The summed E-state index contributed by atoms with van der Waals surface area (Å²) in [7, 11) is 4.00. The standard InChI is InChI=1S/C21H27N3O/c1-23(2)15-13-22-21(25)19-11-9-17(10-12-19)16-24-14-5-7-18-6-3-4-8-20(18)24/h3-4,6,8-12H,5,7,13-16H2,1-2H3,(H,22,25). The van der Waals surface area contributed by atoms with Crippen LogP contribution in [0.3, 0.4) is 0 Å². The average Bonchev–Trinajstić information content (AvgIpc) is 2.62. The molecule has 0 fully saturated rings. The van der Waals surface area contributed by atoms with Crippen molar-refractivity contribution in [3.05, 3.63) is 65.2 Å². The molecule has 1 aliphatic rings. The molecule has 0 aromatic heterocycles. The van der Waals surface area contributed by atoms with Crippen molar-refractivity contribution >= 4 is 11.6 Å². The largest absolute Gasteiger partial charge is 0.367 e. The van der Waals surface area contributed by atoms with Crippen molar-refractivity contribution in [1.29, 1.82) is 0 Å². The molecule has 4 heteroatoms. The number of nitrogens with zero attached hydrogens (tertiary/aromatic N) is 2. The van der Waals surface area contributed by atoms with Gasteiger partial charge in [0.15, 0.2) is 0 Å². The molecule has 0 saturated heterocycles. The van der Waals surface area contributed by atoms with E-state index in [4.69, 9.17) is 0 Å². The normalized spacial score (nSPS) is 13.6. The summed E-state index contributed by atoms with van der Waals surface area (Å²) in [6.07, 6.45) is 2.36. The van der Waals surface area contributed by atoms with E-state index < -0.39 is 0 Å². The highest BCUT2D eigenvalue weighted by molar-refractivity contribution is 5.94. The maximum absolute atomic E-state index is 12.2. The van der Waals surface area contributed by atoms with Crippen LogP contribution < -0.4 is 10.2 Å². The zero-order valence-electron chi connectivity index (χ0n) is 15.2. The Bertz CT molecular complexity index is 709. The van der Waals surface area contributed by atoms with Gasteiger partial charge in [0.1, 0.15) is 0 Å².